The molecule has 2 rings (SSSR count). The van der Waals surface area contributed by atoms with Crippen LogP contribution in [0.5, 0.6) is 0 Å². The Bertz CT molecular complexity index is 510. The Kier molecular flexibility index (Phi) is 4.41. The van der Waals surface area contributed by atoms with Crippen LogP contribution in [0.15, 0.2) is 24.3 Å². The molecule has 0 unspecified atom stereocenters. The zero-order valence-electron chi connectivity index (χ0n) is 11.9. The summed E-state index contributed by atoms with van der Waals surface area (Å²) in [6, 6.07) is 9.39. The summed E-state index contributed by atoms with van der Waals surface area (Å²) in [5.41, 5.74) is 7.23. The van der Waals surface area contributed by atoms with Gasteiger partial charge in [-0.25, -0.2) is 0 Å². The first kappa shape index (κ1) is 14.5. The fraction of sp³-hybridized carbons (Fsp3) is 0.500. The van der Waals surface area contributed by atoms with Crippen LogP contribution in [0, 0.1) is 11.3 Å². The first-order chi connectivity index (χ1) is 9.55. The number of hydrogen-bond acceptors (Lipinski definition) is 3. The molecule has 0 radical (unpaired) electrons. The van der Waals surface area contributed by atoms with E-state index in [1.165, 1.54) is 6.42 Å². The van der Waals surface area contributed by atoms with Crippen molar-refractivity contribution in [2.24, 2.45) is 5.73 Å². The molecule has 0 heterocycles. The number of carbonyl (C=O) groups excluding carboxylic acids is 1. The molecular weight excluding hydrogens is 250 g/mol. The van der Waals surface area contributed by atoms with Crippen molar-refractivity contribution in [3.63, 3.8) is 0 Å². The Hall–Kier alpha value is -1.86. The number of nitrogens with two attached hydrogens (primary N) is 1. The first-order valence-electron chi connectivity index (χ1n) is 7.09. The molecular formula is C16H21N3O. The molecule has 1 aliphatic rings. The van der Waals surface area contributed by atoms with Crippen LogP contribution in [0.1, 0.15) is 43.2 Å². The van der Waals surface area contributed by atoms with Gasteiger partial charge in [-0.15, -0.1) is 0 Å². The van der Waals surface area contributed by atoms with Gasteiger partial charge in [0.2, 0.25) is 5.91 Å². The molecule has 0 spiro atoms. The third kappa shape index (κ3) is 3.17. The second-order valence-electron chi connectivity index (χ2n) is 5.69. The van der Waals surface area contributed by atoms with Gasteiger partial charge < -0.3 is 10.6 Å². The van der Waals surface area contributed by atoms with Gasteiger partial charge in [0.05, 0.1) is 17.2 Å². The van der Waals surface area contributed by atoms with Crippen molar-refractivity contribution in [1.82, 2.24) is 4.90 Å². The molecule has 1 saturated carbocycles. The smallest absolute Gasteiger partial charge is 0.242 e. The summed E-state index contributed by atoms with van der Waals surface area (Å²) in [7, 11) is 1.80. The van der Waals surface area contributed by atoms with E-state index in [2.05, 4.69) is 6.07 Å². The van der Waals surface area contributed by atoms with E-state index in [-0.39, 0.29) is 5.91 Å². The summed E-state index contributed by atoms with van der Waals surface area (Å²) in [6.07, 6.45) is 4.80. The third-order valence-electron chi connectivity index (χ3n) is 4.02. The van der Waals surface area contributed by atoms with Crippen molar-refractivity contribution in [2.45, 2.75) is 44.2 Å². The molecule has 1 aromatic carbocycles. The van der Waals surface area contributed by atoms with Gasteiger partial charge in [-0.05, 0) is 30.5 Å². The fourth-order valence-electron chi connectivity index (χ4n) is 2.81. The first-order valence-corrected chi connectivity index (χ1v) is 7.09. The summed E-state index contributed by atoms with van der Waals surface area (Å²) in [4.78, 5) is 14.2. The number of nitriles is 1. The molecule has 1 aliphatic carbocycles. The van der Waals surface area contributed by atoms with Crippen LogP contribution < -0.4 is 5.73 Å². The quantitative estimate of drug-likeness (QED) is 0.916. The lowest BCUT2D eigenvalue weighted by molar-refractivity contribution is -0.137. The second-order valence-corrected chi connectivity index (χ2v) is 5.69. The van der Waals surface area contributed by atoms with Gasteiger partial charge in [-0.1, -0.05) is 31.4 Å². The van der Waals surface area contributed by atoms with E-state index in [0.29, 0.717) is 12.1 Å². The van der Waals surface area contributed by atoms with Gasteiger partial charge in [-0.2, -0.15) is 5.26 Å². The number of benzene rings is 1. The largest absolute Gasteiger partial charge is 0.340 e. The molecule has 4 nitrogen and oxygen atoms in total. The summed E-state index contributed by atoms with van der Waals surface area (Å²) in [5.74, 6) is 0.0292. The summed E-state index contributed by atoms with van der Waals surface area (Å²) < 4.78 is 0. The number of rotatable bonds is 3. The predicted molar refractivity (Wildman–Crippen MR) is 77.6 cm³/mol. The fourth-order valence-corrected chi connectivity index (χ4v) is 2.81. The minimum absolute atomic E-state index is 0.0292. The van der Waals surface area contributed by atoms with E-state index in [9.17, 15) is 4.79 Å². The van der Waals surface area contributed by atoms with E-state index in [1.807, 2.05) is 12.1 Å². The Morgan fingerprint density at radius 3 is 2.45 bits per heavy atom. The van der Waals surface area contributed by atoms with Crippen LogP contribution in [0.4, 0.5) is 0 Å². The standard InChI is InChI=1S/C16H21N3O/c1-19(12-14-7-5-13(11-17)6-8-14)15(20)16(18)9-3-2-4-10-16/h5-8H,2-4,9-10,12,18H2,1H3. The lowest BCUT2D eigenvalue weighted by Crippen LogP contribution is -2.55. The van der Waals surface area contributed by atoms with E-state index in [4.69, 9.17) is 11.0 Å². The van der Waals surface area contributed by atoms with E-state index in [0.717, 1.165) is 31.2 Å². The number of nitrogens with zero attached hydrogens (tertiary/aromatic N) is 2. The van der Waals surface area contributed by atoms with Crippen molar-refractivity contribution in [3.8, 4) is 6.07 Å². The number of amides is 1. The van der Waals surface area contributed by atoms with Crippen molar-refractivity contribution in [1.29, 1.82) is 5.26 Å². The zero-order chi connectivity index (χ0) is 14.6. The van der Waals surface area contributed by atoms with Crippen molar-refractivity contribution >= 4 is 5.91 Å². The summed E-state index contributed by atoms with van der Waals surface area (Å²) in [5, 5.41) is 8.77. The van der Waals surface area contributed by atoms with Gasteiger partial charge in [0.15, 0.2) is 0 Å². The highest BCUT2D eigenvalue weighted by atomic mass is 16.2. The molecule has 0 aliphatic heterocycles. The Morgan fingerprint density at radius 2 is 1.90 bits per heavy atom. The van der Waals surface area contributed by atoms with Crippen LogP contribution in [0.25, 0.3) is 0 Å². The Balaban J connectivity index is 2.01. The highest BCUT2D eigenvalue weighted by Crippen LogP contribution is 2.27. The maximum atomic E-state index is 12.5. The molecule has 1 amide bonds. The molecule has 4 heteroatoms. The number of hydrogen-bond donors (Lipinski definition) is 1. The molecule has 0 bridgehead atoms. The monoisotopic (exact) mass is 271 g/mol. The summed E-state index contributed by atoms with van der Waals surface area (Å²) >= 11 is 0. The molecule has 0 aromatic heterocycles. The highest BCUT2D eigenvalue weighted by molar-refractivity contribution is 5.86. The molecule has 106 valence electrons. The van der Waals surface area contributed by atoms with Gasteiger partial charge in [0.25, 0.3) is 0 Å². The van der Waals surface area contributed by atoms with Gasteiger partial charge in [0.1, 0.15) is 0 Å². The molecule has 0 saturated heterocycles. The minimum Gasteiger partial charge on any atom is -0.340 e. The van der Waals surface area contributed by atoms with E-state index in [1.54, 1.807) is 24.1 Å². The van der Waals surface area contributed by atoms with Crippen LogP contribution in [-0.4, -0.2) is 23.4 Å². The Morgan fingerprint density at radius 1 is 1.30 bits per heavy atom. The highest BCUT2D eigenvalue weighted by Gasteiger charge is 2.37. The van der Waals surface area contributed by atoms with Gasteiger partial charge in [-0.3, -0.25) is 4.79 Å². The minimum atomic E-state index is -0.681. The van der Waals surface area contributed by atoms with Gasteiger partial charge in [0, 0.05) is 13.6 Å². The molecule has 0 atom stereocenters. The van der Waals surface area contributed by atoms with Gasteiger partial charge >= 0.3 is 0 Å². The van der Waals surface area contributed by atoms with Crippen LogP contribution >= 0.6 is 0 Å². The molecule has 1 aromatic rings. The lowest BCUT2D eigenvalue weighted by atomic mass is 9.81. The Labute approximate surface area is 120 Å². The molecule has 2 N–H and O–H groups in total. The lowest BCUT2D eigenvalue weighted by Gasteiger charge is -2.35. The number of carbonyl (C=O) groups is 1. The average Bonchev–Trinajstić information content (AvgIpc) is 2.48. The maximum Gasteiger partial charge on any atom is 0.242 e. The van der Waals surface area contributed by atoms with Crippen molar-refractivity contribution in [2.75, 3.05) is 7.05 Å². The molecule has 20 heavy (non-hydrogen) atoms. The molecule has 1 fully saturated rings. The zero-order valence-corrected chi connectivity index (χ0v) is 11.9. The van der Waals surface area contributed by atoms with Crippen molar-refractivity contribution in [3.05, 3.63) is 35.4 Å². The van der Waals surface area contributed by atoms with Crippen LogP contribution in [0.2, 0.25) is 0 Å². The maximum absolute atomic E-state index is 12.5. The van der Waals surface area contributed by atoms with Crippen molar-refractivity contribution < 1.29 is 4.79 Å². The topological polar surface area (TPSA) is 70.1 Å². The second kappa shape index (κ2) is 6.06. The summed E-state index contributed by atoms with van der Waals surface area (Å²) in [6.45, 7) is 0.531. The van der Waals surface area contributed by atoms with E-state index < -0.39 is 5.54 Å². The van der Waals surface area contributed by atoms with Crippen LogP contribution in [0.3, 0.4) is 0 Å². The van der Waals surface area contributed by atoms with Crippen LogP contribution in [-0.2, 0) is 11.3 Å². The normalized spacial score (nSPS) is 17.2. The SMILES string of the molecule is CN(Cc1ccc(C#N)cc1)C(=O)C1(N)CCCCC1. The average molecular weight is 271 g/mol. The van der Waals surface area contributed by atoms with E-state index >= 15 is 0 Å². The third-order valence-corrected chi connectivity index (χ3v) is 4.02. The predicted octanol–water partition coefficient (Wildman–Crippen LogP) is 2.18. The number of likely N-dealkylation sites (N-methyl/N-ethyl adjacent to an activating group) is 1.